The second-order valence-corrected chi connectivity index (χ2v) is 17.9. The lowest BCUT2D eigenvalue weighted by Crippen LogP contribution is -2.64. The molecular weight excluding hydrogens is 839 g/mol. The smallest absolute Gasteiger partial charge is 0.275 e. The largest absolute Gasteiger partial charge is 0.477 e. The average Bonchev–Trinajstić information content (AvgIpc) is 3.35. The molecule has 0 spiro atoms. The quantitative estimate of drug-likeness (QED) is 0.150. The van der Waals surface area contributed by atoms with E-state index in [2.05, 4.69) is 42.5 Å². The van der Waals surface area contributed by atoms with E-state index in [4.69, 9.17) is 9.72 Å². The van der Waals surface area contributed by atoms with Gasteiger partial charge < -0.3 is 19.9 Å². The van der Waals surface area contributed by atoms with Gasteiger partial charge in [0.25, 0.3) is 17.4 Å². The fraction of sp³-hybridized carbons (Fsp3) is 0.408. The number of carbonyl (C=O) groups is 4. The maximum atomic E-state index is 13.6. The SMILES string of the molecule is Cc1nn(C2CCC(=O)NC2=O)c(=O)c2cc(N3CCN(C(=O)CCC4CNCCC4COc4ccnc(-c5cccc(CC6(C7(C#N)C=CC=CC7)C=CC(=O)NN6)c5)n4)CC3)ccc12. The maximum Gasteiger partial charge on any atom is 0.275 e. The van der Waals surface area contributed by atoms with Crippen molar-refractivity contribution in [1.82, 2.24) is 46.1 Å². The molecule has 340 valence electrons. The first-order valence-electron chi connectivity index (χ1n) is 22.7. The van der Waals surface area contributed by atoms with Crippen LogP contribution in [0.3, 0.4) is 0 Å². The van der Waals surface area contributed by atoms with E-state index in [0.29, 0.717) is 80.2 Å². The number of allylic oxidation sites excluding steroid dienone is 3. The second-order valence-electron chi connectivity index (χ2n) is 17.9. The summed E-state index contributed by atoms with van der Waals surface area (Å²) in [5.41, 5.74) is 6.90. The van der Waals surface area contributed by atoms with Gasteiger partial charge in [-0.1, -0.05) is 54.6 Å². The van der Waals surface area contributed by atoms with Gasteiger partial charge >= 0.3 is 0 Å². The minimum atomic E-state index is -0.930. The Labute approximate surface area is 382 Å². The molecule has 2 aromatic carbocycles. The Morgan fingerprint density at radius 3 is 2.62 bits per heavy atom. The summed E-state index contributed by atoms with van der Waals surface area (Å²) < 4.78 is 7.55. The number of benzene rings is 2. The number of hydrazine groups is 1. The monoisotopic (exact) mass is 891 g/mol. The third-order valence-corrected chi connectivity index (χ3v) is 13.8. The lowest BCUT2D eigenvalue weighted by Gasteiger charge is -2.45. The molecule has 0 radical (unpaired) electrons. The van der Waals surface area contributed by atoms with Crippen molar-refractivity contribution in [2.45, 2.75) is 63.5 Å². The third-order valence-electron chi connectivity index (χ3n) is 13.8. The van der Waals surface area contributed by atoms with Crippen molar-refractivity contribution in [2.24, 2.45) is 17.3 Å². The van der Waals surface area contributed by atoms with Crippen molar-refractivity contribution >= 4 is 40.1 Å². The second kappa shape index (κ2) is 18.8. The zero-order valence-electron chi connectivity index (χ0n) is 36.9. The van der Waals surface area contributed by atoms with Crippen molar-refractivity contribution < 1.29 is 23.9 Å². The summed E-state index contributed by atoms with van der Waals surface area (Å²) in [6.45, 7) is 6.27. The number of aromatic nitrogens is 4. The number of aryl methyl sites for hydroxylation is 1. The predicted molar refractivity (Wildman–Crippen MR) is 245 cm³/mol. The molecule has 1 aliphatic carbocycles. The Morgan fingerprint density at radius 1 is 0.985 bits per heavy atom. The Bertz CT molecular complexity index is 2750. The highest BCUT2D eigenvalue weighted by atomic mass is 16.5. The van der Waals surface area contributed by atoms with Crippen LogP contribution in [0.15, 0.2) is 96.0 Å². The number of rotatable bonds is 12. The molecule has 4 aliphatic heterocycles. The number of imide groups is 1. The van der Waals surface area contributed by atoms with E-state index in [1.165, 1.54) is 10.8 Å². The Morgan fingerprint density at radius 2 is 1.85 bits per heavy atom. The van der Waals surface area contributed by atoms with Crippen molar-refractivity contribution in [3.63, 3.8) is 0 Å². The number of hydrogen-bond acceptors (Lipinski definition) is 13. The lowest BCUT2D eigenvalue weighted by atomic mass is 9.64. The molecule has 0 saturated carbocycles. The predicted octanol–water partition coefficient (Wildman–Crippen LogP) is 3.37. The third kappa shape index (κ3) is 8.98. The number of anilines is 1. The van der Waals surface area contributed by atoms with Crippen LogP contribution in [0.2, 0.25) is 0 Å². The number of hydrogen-bond donors (Lipinski definition) is 4. The van der Waals surface area contributed by atoms with Crippen LogP contribution in [0.5, 0.6) is 5.88 Å². The van der Waals surface area contributed by atoms with E-state index in [1.807, 2.05) is 71.7 Å². The Hall–Kier alpha value is -7.03. The van der Waals surface area contributed by atoms with Gasteiger partial charge in [0, 0.05) is 74.0 Å². The molecule has 4 N–H and O–H groups in total. The van der Waals surface area contributed by atoms with E-state index in [9.17, 15) is 29.2 Å². The molecule has 17 nitrogen and oxygen atoms in total. The normalized spacial score (nSPS) is 25.3. The minimum absolute atomic E-state index is 0.121. The molecule has 5 aliphatic rings. The molecule has 0 bridgehead atoms. The van der Waals surface area contributed by atoms with Crippen LogP contribution < -0.4 is 36.7 Å². The highest BCUT2D eigenvalue weighted by Crippen LogP contribution is 2.43. The number of nitrogens with zero attached hydrogens (tertiary/aromatic N) is 7. The van der Waals surface area contributed by atoms with E-state index in [-0.39, 0.29) is 48.0 Å². The molecule has 2 aromatic heterocycles. The van der Waals surface area contributed by atoms with E-state index < -0.39 is 22.9 Å². The van der Waals surface area contributed by atoms with Gasteiger partial charge in [-0.25, -0.2) is 15.1 Å². The summed E-state index contributed by atoms with van der Waals surface area (Å²) in [6.07, 6.45) is 16.0. The fourth-order valence-electron chi connectivity index (χ4n) is 9.97. The number of nitrogens with one attached hydrogen (secondary N) is 4. The molecule has 6 heterocycles. The highest BCUT2D eigenvalue weighted by Gasteiger charge is 2.50. The molecule has 9 rings (SSSR count). The van der Waals surface area contributed by atoms with Gasteiger partial charge in [0.15, 0.2) is 5.82 Å². The molecular formula is C49H53N11O6. The van der Waals surface area contributed by atoms with E-state index in [1.54, 1.807) is 25.3 Å². The summed E-state index contributed by atoms with van der Waals surface area (Å²) in [6, 6.07) is 17.0. The number of fused-ring (bicyclic) bond motifs is 1. The minimum Gasteiger partial charge on any atom is -0.477 e. The van der Waals surface area contributed by atoms with Gasteiger partial charge in [-0.2, -0.15) is 15.3 Å². The topological polar surface area (TPSA) is 217 Å². The summed E-state index contributed by atoms with van der Waals surface area (Å²) in [5, 5.41) is 21.9. The van der Waals surface area contributed by atoms with Crippen molar-refractivity contribution in [2.75, 3.05) is 50.8 Å². The first kappa shape index (κ1) is 44.2. The Kier molecular flexibility index (Phi) is 12.6. The van der Waals surface area contributed by atoms with Crippen molar-refractivity contribution in [3.05, 3.63) is 113 Å². The molecule has 4 aromatic rings. The standard InChI is InChI=1S/C49H53N11O6/c1-32-38-10-9-37(27-39(38)47(65)60(56-32)40-11-12-41(61)53-46(40)64)58-22-24-59(25-23-58)44(63)13-8-35-29-51-20-15-36(35)30-66-43-16-21-52-45(54-43)34-7-5-6-33(26-34)28-49(19-14-42(62)55-57-49)48(31-50)17-3-2-4-18-48/h2-7,9-10,14,16-17,19,21,26-27,35-36,40,51,57H,8,11-13,15,18,20,22-25,28-30H2,1H3,(H,55,62)(H,53,61,64). The van der Waals surface area contributed by atoms with Crippen LogP contribution in [0.1, 0.15) is 55.8 Å². The van der Waals surface area contributed by atoms with Crippen LogP contribution in [0, 0.1) is 35.5 Å². The maximum absolute atomic E-state index is 13.6. The summed E-state index contributed by atoms with van der Waals surface area (Å²) in [7, 11) is 0. The van der Waals surface area contributed by atoms with Crippen LogP contribution in [0.4, 0.5) is 5.69 Å². The summed E-state index contributed by atoms with van der Waals surface area (Å²) in [5.74, 6) is 0.422. The number of nitriles is 1. The van der Waals surface area contributed by atoms with Gasteiger partial charge in [0.1, 0.15) is 11.5 Å². The lowest BCUT2D eigenvalue weighted by molar-refractivity contribution is -0.136. The van der Waals surface area contributed by atoms with Crippen LogP contribution in [-0.2, 0) is 25.6 Å². The molecule has 3 fully saturated rings. The number of piperazine rings is 1. The number of amides is 4. The van der Waals surface area contributed by atoms with E-state index in [0.717, 1.165) is 42.7 Å². The van der Waals surface area contributed by atoms with Crippen LogP contribution in [-0.4, -0.2) is 99.7 Å². The fourth-order valence-corrected chi connectivity index (χ4v) is 9.97. The zero-order valence-corrected chi connectivity index (χ0v) is 36.9. The first-order chi connectivity index (χ1) is 32.0. The summed E-state index contributed by atoms with van der Waals surface area (Å²) in [4.78, 5) is 77.2. The number of piperidine rings is 2. The molecule has 3 saturated heterocycles. The zero-order chi connectivity index (χ0) is 45.8. The Balaban J connectivity index is 0.795. The highest BCUT2D eigenvalue weighted by molar-refractivity contribution is 5.99. The van der Waals surface area contributed by atoms with E-state index >= 15 is 0 Å². The first-order valence-corrected chi connectivity index (χ1v) is 22.7. The van der Waals surface area contributed by atoms with Crippen molar-refractivity contribution in [3.8, 4) is 23.3 Å². The van der Waals surface area contributed by atoms with Crippen molar-refractivity contribution in [1.29, 1.82) is 5.26 Å². The molecule has 66 heavy (non-hydrogen) atoms. The van der Waals surface area contributed by atoms with Gasteiger partial charge in [0.2, 0.25) is 17.7 Å². The molecule has 4 amide bonds. The van der Waals surface area contributed by atoms with Crippen LogP contribution in [0.25, 0.3) is 22.2 Å². The number of carbonyl (C=O) groups excluding carboxylic acids is 4. The number of ether oxygens (including phenoxy) is 1. The van der Waals surface area contributed by atoms with Crippen LogP contribution >= 0.6 is 0 Å². The average molecular weight is 892 g/mol. The molecule has 17 heteroatoms. The van der Waals surface area contributed by atoms with Gasteiger partial charge in [-0.15, -0.1) is 0 Å². The molecule has 5 unspecified atom stereocenters. The summed E-state index contributed by atoms with van der Waals surface area (Å²) >= 11 is 0. The van der Waals surface area contributed by atoms with Gasteiger partial charge in [-0.05, 0) is 87.7 Å². The van der Waals surface area contributed by atoms with Gasteiger partial charge in [-0.3, -0.25) is 34.7 Å². The van der Waals surface area contributed by atoms with Gasteiger partial charge in [0.05, 0.1) is 29.3 Å². The molecule has 5 atom stereocenters.